The third-order valence-corrected chi connectivity index (χ3v) is 4.30. The summed E-state index contributed by atoms with van der Waals surface area (Å²) in [4.78, 5) is 26.2. The molecule has 4 nitrogen and oxygen atoms in total. The summed E-state index contributed by atoms with van der Waals surface area (Å²) in [6.45, 7) is 5.91. The van der Waals surface area contributed by atoms with E-state index in [1.807, 2.05) is 18.7 Å². The molecule has 2 fully saturated rings. The fourth-order valence-electron chi connectivity index (χ4n) is 2.60. The second-order valence-corrected chi connectivity index (χ2v) is 5.38. The van der Waals surface area contributed by atoms with Crippen LogP contribution in [0.1, 0.15) is 46.5 Å². The minimum atomic E-state index is -0.315. The van der Waals surface area contributed by atoms with Crippen molar-refractivity contribution in [3.63, 3.8) is 0 Å². The molecule has 3 atom stereocenters. The highest BCUT2D eigenvalue weighted by Crippen LogP contribution is 2.30. The molecule has 2 amide bonds. The highest BCUT2D eigenvalue weighted by atomic mass is 16.2. The molecule has 1 heterocycles. The van der Waals surface area contributed by atoms with Crippen molar-refractivity contribution in [1.29, 1.82) is 0 Å². The lowest BCUT2D eigenvalue weighted by Gasteiger charge is -2.46. The predicted octanol–water partition coefficient (Wildman–Crippen LogP) is 1.30. The molecule has 1 saturated carbocycles. The Bertz CT molecular complexity index is 325. The summed E-state index contributed by atoms with van der Waals surface area (Å²) in [5.41, 5.74) is 0. The lowest BCUT2D eigenvalue weighted by atomic mass is 9.86. The third kappa shape index (κ3) is 2.05. The second-order valence-electron chi connectivity index (χ2n) is 5.38. The molecule has 17 heavy (non-hydrogen) atoms. The summed E-state index contributed by atoms with van der Waals surface area (Å²) >= 11 is 0. The zero-order chi connectivity index (χ0) is 12.6. The number of rotatable bonds is 3. The van der Waals surface area contributed by atoms with Crippen molar-refractivity contribution in [1.82, 2.24) is 10.2 Å². The number of hydrogen-bond donors (Lipinski definition) is 1. The Hall–Kier alpha value is -1.06. The van der Waals surface area contributed by atoms with Gasteiger partial charge in [0.1, 0.15) is 12.1 Å². The maximum atomic E-state index is 12.4. The molecule has 0 spiro atoms. The smallest absolute Gasteiger partial charge is 0.246 e. The van der Waals surface area contributed by atoms with Gasteiger partial charge in [-0.2, -0.15) is 0 Å². The van der Waals surface area contributed by atoms with E-state index in [9.17, 15) is 9.59 Å². The van der Waals surface area contributed by atoms with Crippen molar-refractivity contribution < 1.29 is 9.59 Å². The van der Waals surface area contributed by atoms with Crippen molar-refractivity contribution >= 4 is 11.8 Å². The molecule has 1 N–H and O–H groups in total. The summed E-state index contributed by atoms with van der Waals surface area (Å²) in [5, 5.41) is 2.87. The van der Waals surface area contributed by atoms with Gasteiger partial charge in [0.05, 0.1) is 0 Å². The number of hydrogen-bond acceptors (Lipinski definition) is 2. The topological polar surface area (TPSA) is 49.4 Å². The predicted molar refractivity (Wildman–Crippen MR) is 65.3 cm³/mol. The average Bonchev–Trinajstić information content (AvgIpc) is 2.25. The first kappa shape index (κ1) is 12.4. The number of nitrogens with one attached hydrogen (secondary N) is 1. The highest BCUT2D eigenvalue weighted by Gasteiger charge is 2.44. The minimum absolute atomic E-state index is 0.00167. The van der Waals surface area contributed by atoms with Gasteiger partial charge in [-0.05, 0) is 32.1 Å². The maximum Gasteiger partial charge on any atom is 0.246 e. The first-order chi connectivity index (χ1) is 8.06. The highest BCUT2D eigenvalue weighted by molar-refractivity contribution is 5.97. The third-order valence-electron chi connectivity index (χ3n) is 4.30. The fourth-order valence-corrected chi connectivity index (χ4v) is 2.60. The van der Waals surface area contributed by atoms with Crippen LogP contribution >= 0.6 is 0 Å². The van der Waals surface area contributed by atoms with Gasteiger partial charge >= 0.3 is 0 Å². The van der Waals surface area contributed by atoms with Gasteiger partial charge in [-0.15, -0.1) is 0 Å². The van der Waals surface area contributed by atoms with Crippen LogP contribution in [-0.2, 0) is 9.59 Å². The van der Waals surface area contributed by atoms with E-state index in [0.29, 0.717) is 6.04 Å². The number of amides is 2. The first-order valence-corrected chi connectivity index (χ1v) is 6.68. The lowest BCUT2D eigenvalue weighted by Crippen LogP contribution is -2.67. The Kier molecular flexibility index (Phi) is 3.40. The zero-order valence-corrected chi connectivity index (χ0v) is 10.9. The zero-order valence-electron chi connectivity index (χ0n) is 10.9. The number of piperazine rings is 1. The molecule has 0 aromatic rings. The van der Waals surface area contributed by atoms with Crippen molar-refractivity contribution in [2.75, 3.05) is 0 Å². The van der Waals surface area contributed by atoms with Crippen LogP contribution in [0, 0.1) is 5.92 Å². The summed E-state index contributed by atoms with van der Waals surface area (Å²) < 4.78 is 0. The number of carbonyl (C=O) groups is 2. The van der Waals surface area contributed by atoms with E-state index in [0.717, 1.165) is 19.3 Å². The molecular weight excluding hydrogens is 216 g/mol. The lowest BCUT2D eigenvalue weighted by molar-refractivity contribution is -0.154. The molecule has 3 unspecified atom stereocenters. The summed E-state index contributed by atoms with van der Waals surface area (Å²) in [5.74, 6) is 0.333. The Morgan fingerprint density at radius 1 is 1.41 bits per heavy atom. The van der Waals surface area contributed by atoms with E-state index >= 15 is 0 Å². The Morgan fingerprint density at radius 3 is 2.53 bits per heavy atom. The molecule has 1 aliphatic heterocycles. The van der Waals surface area contributed by atoms with Crippen LogP contribution in [0.5, 0.6) is 0 Å². The monoisotopic (exact) mass is 238 g/mol. The fraction of sp³-hybridized carbons (Fsp3) is 0.846. The molecule has 2 rings (SSSR count). The molecule has 4 heteroatoms. The first-order valence-electron chi connectivity index (χ1n) is 6.68. The maximum absolute atomic E-state index is 12.4. The average molecular weight is 238 g/mol. The van der Waals surface area contributed by atoms with Crippen LogP contribution in [0.2, 0.25) is 0 Å². The van der Waals surface area contributed by atoms with E-state index in [-0.39, 0.29) is 29.8 Å². The summed E-state index contributed by atoms with van der Waals surface area (Å²) in [6.07, 6.45) is 4.19. The van der Waals surface area contributed by atoms with Crippen molar-refractivity contribution in [3.05, 3.63) is 0 Å². The molecule has 0 aromatic heterocycles. The van der Waals surface area contributed by atoms with E-state index in [4.69, 9.17) is 0 Å². The summed E-state index contributed by atoms with van der Waals surface area (Å²) in [7, 11) is 0. The second kappa shape index (κ2) is 4.67. The van der Waals surface area contributed by atoms with Crippen LogP contribution in [0.3, 0.4) is 0 Å². The van der Waals surface area contributed by atoms with Gasteiger partial charge in [-0.25, -0.2) is 0 Å². The van der Waals surface area contributed by atoms with Gasteiger partial charge in [0.15, 0.2) is 0 Å². The van der Waals surface area contributed by atoms with Gasteiger partial charge in [0.2, 0.25) is 11.8 Å². The van der Waals surface area contributed by atoms with Crippen LogP contribution in [0.15, 0.2) is 0 Å². The summed E-state index contributed by atoms with van der Waals surface area (Å²) in [6, 6.07) is -0.312. The Labute approximate surface area is 103 Å². The van der Waals surface area contributed by atoms with E-state index in [1.165, 1.54) is 6.42 Å². The molecule has 96 valence electrons. The molecule has 1 aliphatic carbocycles. The SMILES string of the molecule is CCC(C)C1NC(=O)C(C)N(C2CCC2)C1=O. The molecule has 0 radical (unpaired) electrons. The van der Waals surface area contributed by atoms with Gasteiger partial charge < -0.3 is 10.2 Å². The quantitative estimate of drug-likeness (QED) is 0.805. The van der Waals surface area contributed by atoms with Gasteiger partial charge in [0, 0.05) is 6.04 Å². The van der Waals surface area contributed by atoms with Gasteiger partial charge in [0.25, 0.3) is 0 Å². The normalized spacial score (nSPS) is 32.1. The molecule has 2 aliphatic rings. The van der Waals surface area contributed by atoms with Crippen LogP contribution in [-0.4, -0.2) is 34.8 Å². The van der Waals surface area contributed by atoms with E-state index in [1.54, 1.807) is 0 Å². The largest absolute Gasteiger partial charge is 0.342 e. The number of carbonyl (C=O) groups excluding carboxylic acids is 2. The van der Waals surface area contributed by atoms with Gasteiger partial charge in [-0.1, -0.05) is 20.3 Å². The Balaban J connectivity index is 2.17. The Morgan fingerprint density at radius 2 is 2.06 bits per heavy atom. The molecular formula is C13H22N2O2. The minimum Gasteiger partial charge on any atom is -0.342 e. The van der Waals surface area contributed by atoms with Crippen LogP contribution < -0.4 is 5.32 Å². The van der Waals surface area contributed by atoms with Gasteiger partial charge in [-0.3, -0.25) is 9.59 Å². The van der Waals surface area contributed by atoms with Crippen molar-refractivity contribution in [2.24, 2.45) is 5.92 Å². The number of nitrogens with zero attached hydrogens (tertiary/aromatic N) is 1. The molecule has 0 aromatic carbocycles. The van der Waals surface area contributed by atoms with E-state index < -0.39 is 0 Å². The van der Waals surface area contributed by atoms with Crippen molar-refractivity contribution in [2.45, 2.75) is 64.6 Å². The van der Waals surface area contributed by atoms with Crippen LogP contribution in [0.25, 0.3) is 0 Å². The van der Waals surface area contributed by atoms with Crippen LogP contribution in [0.4, 0.5) is 0 Å². The molecule has 0 bridgehead atoms. The molecule has 1 saturated heterocycles. The van der Waals surface area contributed by atoms with E-state index in [2.05, 4.69) is 12.2 Å². The standard InChI is InChI=1S/C13H22N2O2/c1-4-8(2)11-13(17)15(10-6-5-7-10)9(3)12(16)14-11/h8-11H,4-7H2,1-3H3,(H,14,16). The van der Waals surface area contributed by atoms with Crippen molar-refractivity contribution in [3.8, 4) is 0 Å².